The van der Waals surface area contributed by atoms with E-state index in [9.17, 15) is 0 Å². The van der Waals surface area contributed by atoms with E-state index in [4.69, 9.17) is 11.0 Å². The van der Waals surface area contributed by atoms with Crippen LogP contribution in [-0.4, -0.2) is 18.0 Å². The largest absolute Gasteiger partial charge is 0.398 e. The molecule has 1 aromatic carbocycles. The zero-order valence-electron chi connectivity index (χ0n) is 11.9. The van der Waals surface area contributed by atoms with Crippen molar-refractivity contribution in [3.05, 3.63) is 29.3 Å². The fourth-order valence-electron chi connectivity index (χ4n) is 2.69. The average molecular weight is 257 g/mol. The van der Waals surface area contributed by atoms with Crippen LogP contribution in [0.25, 0.3) is 0 Å². The summed E-state index contributed by atoms with van der Waals surface area (Å²) in [4.78, 5) is 2.47. The van der Waals surface area contributed by atoms with Gasteiger partial charge in [-0.25, -0.2) is 0 Å². The Kier molecular flexibility index (Phi) is 4.11. The predicted octanol–water partition coefficient (Wildman–Crippen LogP) is 2.96. The molecule has 0 spiro atoms. The number of benzene rings is 1. The van der Waals surface area contributed by atoms with Crippen molar-refractivity contribution >= 4 is 5.69 Å². The Labute approximate surface area is 116 Å². The molecule has 1 aromatic rings. The van der Waals surface area contributed by atoms with Gasteiger partial charge in [0.25, 0.3) is 0 Å². The Hall–Kier alpha value is -1.53. The van der Waals surface area contributed by atoms with Crippen LogP contribution in [-0.2, 0) is 13.0 Å². The number of rotatable bonds is 4. The fraction of sp³-hybridized carbons (Fsp3) is 0.562. The van der Waals surface area contributed by atoms with Crippen LogP contribution in [0, 0.1) is 16.7 Å². The maximum atomic E-state index is 9.01. The number of nitrogen functional groups attached to an aromatic ring is 1. The van der Waals surface area contributed by atoms with E-state index in [1.54, 1.807) is 0 Å². The fourth-order valence-corrected chi connectivity index (χ4v) is 2.69. The topological polar surface area (TPSA) is 53.0 Å². The third-order valence-electron chi connectivity index (χ3n) is 3.96. The number of nitrogens with zero attached hydrogens (tertiary/aromatic N) is 2. The second-order valence-electron chi connectivity index (χ2n) is 6.11. The first-order chi connectivity index (χ1) is 9.02. The summed E-state index contributed by atoms with van der Waals surface area (Å²) < 4.78 is 0. The summed E-state index contributed by atoms with van der Waals surface area (Å²) in [6.45, 7) is 7.17. The molecule has 3 nitrogen and oxygen atoms in total. The van der Waals surface area contributed by atoms with Crippen LogP contribution >= 0.6 is 0 Å². The van der Waals surface area contributed by atoms with Crippen molar-refractivity contribution in [2.45, 2.75) is 39.7 Å². The second kappa shape index (κ2) is 5.63. The molecule has 2 rings (SSSR count). The van der Waals surface area contributed by atoms with Gasteiger partial charge in [-0.1, -0.05) is 12.1 Å². The van der Waals surface area contributed by atoms with Gasteiger partial charge in [-0.05, 0) is 56.8 Å². The quantitative estimate of drug-likeness (QED) is 0.844. The van der Waals surface area contributed by atoms with Crippen molar-refractivity contribution in [3.8, 4) is 6.07 Å². The van der Waals surface area contributed by atoms with E-state index in [-0.39, 0.29) is 5.41 Å². The molecular weight excluding hydrogens is 234 g/mol. The summed E-state index contributed by atoms with van der Waals surface area (Å²) in [5.41, 5.74) is 9.44. The van der Waals surface area contributed by atoms with Crippen LogP contribution in [0.2, 0.25) is 0 Å². The van der Waals surface area contributed by atoms with E-state index in [0.717, 1.165) is 44.6 Å². The van der Waals surface area contributed by atoms with E-state index in [1.807, 2.05) is 26.0 Å². The third kappa shape index (κ3) is 3.48. The number of hydrogen-bond acceptors (Lipinski definition) is 3. The third-order valence-corrected chi connectivity index (χ3v) is 3.96. The molecule has 2 N–H and O–H groups in total. The van der Waals surface area contributed by atoms with Gasteiger partial charge in [0.05, 0.1) is 11.5 Å². The number of nitriles is 1. The zero-order valence-corrected chi connectivity index (χ0v) is 11.9. The van der Waals surface area contributed by atoms with E-state index < -0.39 is 0 Å². The summed E-state index contributed by atoms with van der Waals surface area (Å²) >= 11 is 0. The van der Waals surface area contributed by atoms with Gasteiger partial charge in [-0.2, -0.15) is 5.26 Å². The highest BCUT2D eigenvalue weighted by molar-refractivity contribution is 5.51. The minimum Gasteiger partial charge on any atom is -0.398 e. The predicted molar refractivity (Wildman–Crippen MR) is 78.5 cm³/mol. The van der Waals surface area contributed by atoms with Crippen LogP contribution in [0.4, 0.5) is 5.69 Å². The van der Waals surface area contributed by atoms with Gasteiger partial charge in [0.15, 0.2) is 0 Å². The minimum atomic E-state index is -0.196. The lowest BCUT2D eigenvalue weighted by molar-refractivity contribution is 0.239. The second-order valence-corrected chi connectivity index (χ2v) is 6.11. The molecule has 102 valence electrons. The van der Waals surface area contributed by atoms with Gasteiger partial charge >= 0.3 is 0 Å². The minimum absolute atomic E-state index is 0.196. The van der Waals surface area contributed by atoms with Gasteiger partial charge in [-0.15, -0.1) is 0 Å². The Morgan fingerprint density at radius 1 is 1.42 bits per heavy atom. The molecular formula is C16H23N3. The molecule has 0 radical (unpaired) electrons. The first kappa shape index (κ1) is 13.9. The lowest BCUT2D eigenvalue weighted by atomic mass is 9.89. The molecule has 0 amide bonds. The molecule has 0 unspecified atom stereocenters. The summed E-state index contributed by atoms with van der Waals surface area (Å²) in [5.74, 6) is 0. The number of hydrogen-bond donors (Lipinski definition) is 1. The monoisotopic (exact) mass is 257 g/mol. The maximum absolute atomic E-state index is 9.01. The SMILES string of the molecule is CC(C)(C#N)CCCN1CCc2c(N)cccc2C1. The molecule has 1 aliphatic rings. The molecule has 0 atom stereocenters. The first-order valence-electron chi connectivity index (χ1n) is 7.02. The zero-order chi connectivity index (χ0) is 13.9. The van der Waals surface area contributed by atoms with Gasteiger partial charge in [0.2, 0.25) is 0 Å². The smallest absolute Gasteiger partial charge is 0.0683 e. The van der Waals surface area contributed by atoms with Crippen LogP contribution in [0.15, 0.2) is 18.2 Å². The molecule has 0 aromatic heterocycles. The molecule has 3 heteroatoms. The highest BCUT2D eigenvalue weighted by Gasteiger charge is 2.20. The van der Waals surface area contributed by atoms with Crippen molar-refractivity contribution in [1.29, 1.82) is 5.26 Å². The lowest BCUT2D eigenvalue weighted by Crippen LogP contribution is -2.32. The molecule has 0 saturated carbocycles. The molecule has 0 fully saturated rings. The molecule has 0 aliphatic carbocycles. The van der Waals surface area contributed by atoms with Crippen LogP contribution < -0.4 is 5.73 Å². The standard InChI is InChI=1S/C16H23N3/c1-16(2,12-17)8-4-9-19-10-7-14-13(11-19)5-3-6-15(14)18/h3,5-6H,4,7-11,18H2,1-2H3. The van der Waals surface area contributed by atoms with E-state index in [1.165, 1.54) is 11.1 Å². The van der Waals surface area contributed by atoms with Crippen LogP contribution in [0.3, 0.4) is 0 Å². The Bertz CT molecular complexity index is 485. The molecule has 19 heavy (non-hydrogen) atoms. The molecule has 1 aliphatic heterocycles. The number of nitrogens with two attached hydrogens (primary N) is 1. The van der Waals surface area contributed by atoms with Gasteiger partial charge in [0, 0.05) is 18.8 Å². The van der Waals surface area contributed by atoms with E-state index in [2.05, 4.69) is 17.0 Å². The molecule has 1 heterocycles. The van der Waals surface area contributed by atoms with Crippen molar-refractivity contribution in [3.63, 3.8) is 0 Å². The van der Waals surface area contributed by atoms with Crippen molar-refractivity contribution in [2.75, 3.05) is 18.8 Å². The van der Waals surface area contributed by atoms with E-state index in [0.29, 0.717) is 0 Å². The Balaban J connectivity index is 1.88. The summed E-state index contributed by atoms with van der Waals surface area (Å²) in [5, 5.41) is 9.01. The van der Waals surface area contributed by atoms with Crippen LogP contribution in [0.5, 0.6) is 0 Å². The maximum Gasteiger partial charge on any atom is 0.0683 e. The van der Waals surface area contributed by atoms with Gasteiger partial charge < -0.3 is 5.73 Å². The highest BCUT2D eigenvalue weighted by Crippen LogP contribution is 2.25. The first-order valence-corrected chi connectivity index (χ1v) is 7.02. The number of anilines is 1. The Morgan fingerprint density at radius 2 is 2.21 bits per heavy atom. The summed E-state index contributed by atoms with van der Waals surface area (Å²) in [6.07, 6.45) is 3.09. The summed E-state index contributed by atoms with van der Waals surface area (Å²) in [6, 6.07) is 8.57. The number of fused-ring (bicyclic) bond motifs is 1. The van der Waals surface area contributed by atoms with Crippen LogP contribution in [0.1, 0.15) is 37.8 Å². The Morgan fingerprint density at radius 3 is 2.95 bits per heavy atom. The van der Waals surface area contributed by atoms with Gasteiger partial charge in [0.1, 0.15) is 0 Å². The lowest BCUT2D eigenvalue weighted by Gasteiger charge is -2.30. The van der Waals surface area contributed by atoms with Crippen molar-refractivity contribution in [2.24, 2.45) is 5.41 Å². The molecule has 0 saturated heterocycles. The summed E-state index contributed by atoms with van der Waals surface area (Å²) in [7, 11) is 0. The van der Waals surface area contributed by atoms with Gasteiger partial charge in [-0.3, -0.25) is 4.90 Å². The average Bonchev–Trinajstić information content (AvgIpc) is 2.39. The molecule has 0 bridgehead atoms. The highest BCUT2D eigenvalue weighted by atomic mass is 15.1. The normalized spacial score (nSPS) is 15.8. The van der Waals surface area contributed by atoms with Crippen molar-refractivity contribution < 1.29 is 0 Å². The van der Waals surface area contributed by atoms with E-state index >= 15 is 0 Å². The van der Waals surface area contributed by atoms with Crippen molar-refractivity contribution in [1.82, 2.24) is 4.90 Å².